The number of imidazole rings is 1. The molecule has 1 N–H and O–H groups in total. The van der Waals surface area contributed by atoms with Crippen LogP contribution in [0.1, 0.15) is 11.4 Å². The van der Waals surface area contributed by atoms with Gasteiger partial charge < -0.3 is 9.72 Å². The molecule has 0 amide bonds. The van der Waals surface area contributed by atoms with Crippen molar-refractivity contribution in [2.45, 2.75) is 0 Å². The van der Waals surface area contributed by atoms with Gasteiger partial charge in [-0.2, -0.15) is 5.26 Å². The van der Waals surface area contributed by atoms with Crippen LogP contribution in [0.25, 0.3) is 22.7 Å². The highest BCUT2D eigenvalue weighted by Crippen LogP contribution is 2.27. The molecule has 0 aliphatic carbocycles. The maximum Gasteiger partial charge on any atom is 0.149 e. The number of rotatable bonds is 3. The third-order valence-corrected chi connectivity index (χ3v) is 3.49. The summed E-state index contributed by atoms with van der Waals surface area (Å²) in [4.78, 5) is 7.58. The lowest BCUT2D eigenvalue weighted by Gasteiger charge is -2.05. The Morgan fingerprint density at radius 1 is 1.32 bits per heavy atom. The minimum Gasteiger partial charge on any atom is -0.496 e. The Morgan fingerprint density at radius 2 is 2.14 bits per heavy atom. The van der Waals surface area contributed by atoms with E-state index in [1.807, 2.05) is 24.3 Å². The number of nitriles is 1. The fourth-order valence-electron chi connectivity index (χ4n) is 2.21. The van der Waals surface area contributed by atoms with Crippen LogP contribution in [0.15, 0.2) is 42.5 Å². The number of ether oxygens (including phenoxy) is 1. The molecule has 2 aromatic carbocycles. The molecule has 0 radical (unpaired) electrons. The first-order valence-corrected chi connectivity index (χ1v) is 6.99. The van der Waals surface area contributed by atoms with Crippen molar-refractivity contribution in [1.29, 1.82) is 5.26 Å². The van der Waals surface area contributed by atoms with E-state index in [2.05, 4.69) is 16.0 Å². The van der Waals surface area contributed by atoms with Gasteiger partial charge in [0, 0.05) is 10.6 Å². The molecule has 1 heterocycles. The van der Waals surface area contributed by atoms with Crippen molar-refractivity contribution in [3.8, 4) is 11.8 Å². The van der Waals surface area contributed by atoms with Gasteiger partial charge >= 0.3 is 0 Å². The molecule has 3 rings (SSSR count). The first kappa shape index (κ1) is 14.2. The molecule has 108 valence electrons. The zero-order chi connectivity index (χ0) is 15.5. The summed E-state index contributed by atoms with van der Waals surface area (Å²) < 4.78 is 5.30. The Morgan fingerprint density at radius 3 is 2.86 bits per heavy atom. The van der Waals surface area contributed by atoms with Crippen LogP contribution >= 0.6 is 11.6 Å². The first-order valence-electron chi connectivity index (χ1n) is 6.61. The van der Waals surface area contributed by atoms with Crippen molar-refractivity contribution >= 4 is 34.3 Å². The van der Waals surface area contributed by atoms with Crippen LogP contribution in [-0.2, 0) is 0 Å². The number of aromatic amines is 1. The molecular formula is C17H12ClN3O. The number of nitrogens with zero attached hydrogens (tertiary/aromatic N) is 2. The Kier molecular flexibility index (Phi) is 3.82. The second-order valence-electron chi connectivity index (χ2n) is 4.66. The highest BCUT2D eigenvalue weighted by Gasteiger charge is 2.09. The van der Waals surface area contributed by atoms with Crippen molar-refractivity contribution < 1.29 is 4.74 Å². The number of fused-ring (bicyclic) bond motifs is 1. The molecule has 0 spiro atoms. The van der Waals surface area contributed by atoms with Gasteiger partial charge in [0.2, 0.25) is 0 Å². The van der Waals surface area contributed by atoms with E-state index in [-0.39, 0.29) is 0 Å². The van der Waals surface area contributed by atoms with Gasteiger partial charge in [-0.05, 0) is 36.4 Å². The third-order valence-electron chi connectivity index (χ3n) is 3.26. The van der Waals surface area contributed by atoms with Crippen molar-refractivity contribution in [2.24, 2.45) is 0 Å². The third kappa shape index (κ3) is 2.67. The fraction of sp³-hybridized carbons (Fsp3) is 0.0588. The molecule has 0 saturated heterocycles. The predicted molar refractivity (Wildman–Crippen MR) is 87.6 cm³/mol. The van der Waals surface area contributed by atoms with Gasteiger partial charge in [0.1, 0.15) is 17.6 Å². The van der Waals surface area contributed by atoms with E-state index in [0.717, 1.165) is 16.6 Å². The number of allylic oxidation sites excluding steroid dienone is 1. The summed E-state index contributed by atoms with van der Waals surface area (Å²) in [5.41, 5.74) is 2.84. The number of halogens is 1. The SMILES string of the molecule is COc1ccc(Cl)cc1/C=C(\C#N)c1nc2ccccc2[nH]1. The van der Waals surface area contributed by atoms with Gasteiger partial charge in [0.05, 0.1) is 23.7 Å². The molecule has 1 aromatic heterocycles. The largest absolute Gasteiger partial charge is 0.496 e. The van der Waals surface area contributed by atoms with E-state index in [9.17, 15) is 5.26 Å². The van der Waals surface area contributed by atoms with E-state index >= 15 is 0 Å². The number of H-pyrrole nitrogens is 1. The molecule has 0 fully saturated rings. The quantitative estimate of drug-likeness (QED) is 0.734. The lowest BCUT2D eigenvalue weighted by Crippen LogP contribution is -1.89. The van der Waals surface area contributed by atoms with E-state index < -0.39 is 0 Å². The van der Waals surface area contributed by atoms with Crippen LogP contribution in [0, 0.1) is 11.3 Å². The van der Waals surface area contributed by atoms with Crippen molar-refractivity contribution in [3.05, 3.63) is 58.9 Å². The summed E-state index contributed by atoms with van der Waals surface area (Å²) in [7, 11) is 1.58. The van der Waals surface area contributed by atoms with Crippen LogP contribution in [0.4, 0.5) is 0 Å². The van der Waals surface area contributed by atoms with E-state index in [1.165, 1.54) is 0 Å². The van der Waals surface area contributed by atoms with Gasteiger partial charge in [-0.3, -0.25) is 0 Å². The van der Waals surface area contributed by atoms with Gasteiger partial charge in [-0.1, -0.05) is 23.7 Å². The Bertz CT molecular complexity index is 873. The zero-order valence-corrected chi connectivity index (χ0v) is 12.6. The number of aromatic nitrogens is 2. The Labute approximate surface area is 132 Å². The average Bonchev–Trinajstić information content (AvgIpc) is 2.96. The van der Waals surface area contributed by atoms with Gasteiger partial charge in [-0.25, -0.2) is 4.98 Å². The summed E-state index contributed by atoms with van der Waals surface area (Å²) >= 11 is 6.02. The van der Waals surface area contributed by atoms with Crippen molar-refractivity contribution in [3.63, 3.8) is 0 Å². The zero-order valence-electron chi connectivity index (χ0n) is 11.8. The molecule has 22 heavy (non-hydrogen) atoms. The topological polar surface area (TPSA) is 61.7 Å². The summed E-state index contributed by atoms with van der Waals surface area (Å²) in [6, 6.07) is 15.1. The molecular weight excluding hydrogens is 298 g/mol. The minimum atomic E-state index is 0.414. The second-order valence-corrected chi connectivity index (χ2v) is 5.10. The summed E-state index contributed by atoms with van der Waals surface area (Å²) in [5.74, 6) is 1.17. The standard InChI is InChI=1S/C17H12ClN3O/c1-22-16-7-6-13(18)9-11(16)8-12(10-19)17-20-14-4-2-3-5-15(14)21-17/h2-9H,1H3,(H,20,21)/b12-8+. The molecule has 0 saturated carbocycles. The molecule has 4 nitrogen and oxygen atoms in total. The van der Waals surface area contributed by atoms with E-state index in [4.69, 9.17) is 16.3 Å². The minimum absolute atomic E-state index is 0.414. The van der Waals surface area contributed by atoms with E-state index in [0.29, 0.717) is 22.2 Å². The number of methoxy groups -OCH3 is 1. The molecule has 3 aromatic rings. The number of para-hydroxylation sites is 2. The first-order chi connectivity index (χ1) is 10.7. The number of hydrogen-bond acceptors (Lipinski definition) is 3. The summed E-state index contributed by atoms with van der Waals surface area (Å²) in [6.07, 6.45) is 1.71. The number of hydrogen-bond donors (Lipinski definition) is 1. The highest BCUT2D eigenvalue weighted by atomic mass is 35.5. The number of benzene rings is 2. The Hall–Kier alpha value is -2.77. The van der Waals surface area contributed by atoms with Crippen molar-refractivity contribution in [2.75, 3.05) is 7.11 Å². The predicted octanol–water partition coefficient (Wildman–Crippen LogP) is 4.29. The molecule has 0 aliphatic heterocycles. The molecule has 0 aliphatic rings. The molecule has 5 heteroatoms. The van der Waals surface area contributed by atoms with Crippen LogP contribution in [-0.4, -0.2) is 17.1 Å². The monoisotopic (exact) mass is 309 g/mol. The smallest absolute Gasteiger partial charge is 0.149 e. The highest BCUT2D eigenvalue weighted by molar-refractivity contribution is 6.30. The van der Waals surface area contributed by atoms with Crippen LogP contribution in [0.5, 0.6) is 5.75 Å². The van der Waals surface area contributed by atoms with Crippen molar-refractivity contribution in [1.82, 2.24) is 9.97 Å². The maximum atomic E-state index is 9.45. The summed E-state index contributed by atoms with van der Waals surface area (Å²) in [5, 5.41) is 10.0. The van der Waals surface area contributed by atoms with Crippen LogP contribution in [0.3, 0.4) is 0 Å². The second kappa shape index (κ2) is 5.92. The van der Waals surface area contributed by atoms with Crippen LogP contribution in [0.2, 0.25) is 5.02 Å². The average molecular weight is 310 g/mol. The molecule has 0 unspecified atom stereocenters. The number of nitrogens with one attached hydrogen (secondary N) is 1. The lowest BCUT2D eigenvalue weighted by atomic mass is 10.1. The lowest BCUT2D eigenvalue weighted by molar-refractivity contribution is 0.414. The van der Waals surface area contributed by atoms with Crippen LogP contribution < -0.4 is 4.74 Å². The van der Waals surface area contributed by atoms with Gasteiger partial charge in [-0.15, -0.1) is 0 Å². The van der Waals surface area contributed by atoms with Gasteiger partial charge in [0.25, 0.3) is 0 Å². The maximum absolute atomic E-state index is 9.45. The summed E-state index contributed by atoms with van der Waals surface area (Å²) in [6.45, 7) is 0. The fourth-order valence-corrected chi connectivity index (χ4v) is 2.39. The molecule has 0 bridgehead atoms. The normalized spacial score (nSPS) is 11.4. The molecule has 0 atom stereocenters. The van der Waals surface area contributed by atoms with E-state index in [1.54, 1.807) is 31.4 Å². The Balaban J connectivity index is 2.11. The van der Waals surface area contributed by atoms with Gasteiger partial charge in [0.15, 0.2) is 0 Å².